The quantitative estimate of drug-likeness (QED) is 0.724. The van der Waals surface area contributed by atoms with Crippen LogP contribution in [0.4, 0.5) is 0 Å². The number of benzene rings is 2. The summed E-state index contributed by atoms with van der Waals surface area (Å²) < 4.78 is 1.48. The Balaban J connectivity index is 1.74. The Morgan fingerprint density at radius 3 is 2.64 bits per heavy atom. The third-order valence-corrected chi connectivity index (χ3v) is 3.98. The Bertz CT molecular complexity index is 943. The molecule has 25 heavy (non-hydrogen) atoms. The molecule has 0 fully saturated rings. The maximum absolute atomic E-state index is 12.5. The van der Waals surface area contributed by atoms with E-state index < -0.39 is 0 Å². The second-order valence-corrected chi connectivity index (χ2v) is 5.88. The summed E-state index contributed by atoms with van der Waals surface area (Å²) in [5.41, 5.74) is 2.40. The number of halogens is 1. The molecule has 0 aliphatic heterocycles. The van der Waals surface area contributed by atoms with Crippen LogP contribution in [-0.4, -0.2) is 32.8 Å². The lowest BCUT2D eigenvalue weighted by molar-refractivity contribution is 0.0779. The first kappa shape index (κ1) is 16.7. The summed E-state index contributed by atoms with van der Waals surface area (Å²) in [4.78, 5) is 14.1. The van der Waals surface area contributed by atoms with Gasteiger partial charge in [-0.25, -0.2) is 4.68 Å². The summed E-state index contributed by atoms with van der Waals surface area (Å²) in [6, 6.07) is 16.4. The Morgan fingerprint density at radius 2 is 1.96 bits per heavy atom. The van der Waals surface area contributed by atoms with Crippen molar-refractivity contribution in [1.29, 1.82) is 5.26 Å². The average Bonchev–Trinajstić information content (AvgIpc) is 3.12. The maximum Gasteiger partial charge on any atom is 0.276 e. The topological polar surface area (TPSA) is 74.8 Å². The molecule has 1 amide bonds. The molecular formula is C18H14ClN5O. The van der Waals surface area contributed by atoms with E-state index in [9.17, 15) is 4.79 Å². The van der Waals surface area contributed by atoms with Crippen molar-refractivity contribution >= 4 is 17.5 Å². The first-order valence-electron chi connectivity index (χ1n) is 7.50. The van der Waals surface area contributed by atoms with Crippen molar-refractivity contribution in [1.82, 2.24) is 19.9 Å². The molecule has 1 heterocycles. The van der Waals surface area contributed by atoms with Gasteiger partial charge in [0.2, 0.25) is 0 Å². The zero-order valence-corrected chi connectivity index (χ0v) is 14.2. The van der Waals surface area contributed by atoms with E-state index in [0.717, 1.165) is 5.56 Å². The summed E-state index contributed by atoms with van der Waals surface area (Å²) in [6.07, 6.45) is 1.55. The highest BCUT2D eigenvalue weighted by Gasteiger charge is 2.17. The van der Waals surface area contributed by atoms with Crippen LogP contribution in [0.25, 0.3) is 5.69 Å². The van der Waals surface area contributed by atoms with Gasteiger partial charge in [-0.3, -0.25) is 4.79 Å². The van der Waals surface area contributed by atoms with Gasteiger partial charge in [0.25, 0.3) is 5.91 Å². The van der Waals surface area contributed by atoms with Gasteiger partial charge in [0.1, 0.15) is 0 Å². The van der Waals surface area contributed by atoms with Crippen LogP contribution in [0.2, 0.25) is 5.02 Å². The zero-order valence-electron chi connectivity index (χ0n) is 13.4. The van der Waals surface area contributed by atoms with Gasteiger partial charge in [0.15, 0.2) is 5.69 Å². The largest absolute Gasteiger partial charge is 0.336 e. The van der Waals surface area contributed by atoms with Gasteiger partial charge < -0.3 is 4.90 Å². The number of aromatic nitrogens is 3. The molecule has 0 saturated carbocycles. The standard InChI is InChI=1S/C18H14ClN5O/c1-23(11-14-8-6-13(10-20)7-9-14)18(25)16-12-24(22-21-16)17-5-3-2-4-15(17)19/h2-9,12H,11H2,1H3. The Morgan fingerprint density at radius 1 is 1.24 bits per heavy atom. The second kappa shape index (κ2) is 7.16. The lowest BCUT2D eigenvalue weighted by Crippen LogP contribution is -2.26. The van der Waals surface area contributed by atoms with Gasteiger partial charge in [-0.2, -0.15) is 5.26 Å². The monoisotopic (exact) mass is 351 g/mol. The van der Waals surface area contributed by atoms with Gasteiger partial charge in [-0.15, -0.1) is 5.10 Å². The predicted octanol–water partition coefficient (Wildman–Crippen LogP) is 3.06. The highest BCUT2D eigenvalue weighted by Crippen LogP contribution is 2.19. The first-order chi connectivity index (χ1) is 12.1. The molecule has 0 N–H and O–H groups in total. The Hall–Kier alpha value is -3.17. The minimum atomic E-state index is -0.248. The normalized spacial score (nSPS) is 10.3. The molecule has 0 unspecified atom stereocenters. The molecule has 2 aromatic carbocycles. The molecule has 0 aliphatic rings. The van der Waals surface area contributed by atoms with Crippen LogP contribution < -0.4 is 0 Å². The van der Waals surface area contributed by atoms with Gasteiger partial charge in [-0.1, -0.05) is 41.1 Å². The number of rotatable bonds is 4. The van der Waals surface area contributed by atoms with Crippen LogP contribution >= 0.6 is 11.6 Å². The summed E-state index contributed by atoms with van der Waals surface area (Å²) in [5, 5.41) is 17.3. The summed E-state index contributed by atoms with van der Waals surface area (Å²) in [6.45, 7) is 0.406. The number of amides is 1. The van der Waals surface area contributed by atoms with Crippen LogP contribution in [-0.2, 0) is 6.54 Å². The van der Waals surface area contributed by atoms with Crippen LogP contribution in [0.1, 0.15) is 21.6 Å². The molecule has 3 aromatic rings. The van der Waals surface area contributed by atoms with Crippen LogP contribution in [0.15, 0.2) is 54.7 Å². The van der Waals surface area contributed by atoms with E-state index in [1.165, 1.54) is 4.68 Å². The maximum atomic E-state index is 12.5. The second-order valence-electron chi connectivity index (χ2n) is 5.47. The summed E-state index contributed by atoms with van der Waals surface area (Å²) >= 11 is 6.14. The molecule has 7 heteroatoms. The summed E-state index contributed by atoms with van der Waals surface area (Å²) in [7, 11) is 1.69. The van der Waals surface area contributed by atoms with Gasteiger partial charge in [-0.05, 0) is 29.8 Å². The minimum Gasteiger partial charge on any atom is -0.336 e. The lowest BCUT2D eigenvalue weighted by atomic mass is 10.1. The molecule has 0 spiro atoms. The van der Waals surface area contributed by atoms with Gasteiger partial charge in [0, 0.05) is 13.6 Å². The number of hydrogen-bond donors (Lipinski definition) is 0. The fraction of sp³-hybridized carbons (Fsp3) is 0.111. The average molecular weight is 352 g/mol. The predicted molar refractivity (Wildman–Crippen MR) is 93.3 cm³/mol. The zero-order chi connectivity index (χ0) is 17.8. The van der Waals surface area contributed by atoms with Gasteiger partial charge in [0.05, 0.1) is 28.5 Å². The highest BCUT2D eigenvalue weighted by atomic mass is 35.5. The first-order valence-corrected chi connectivity index (χ1v) is 7.88. The third kappa shape index (κ3) is 3.67. The van der Waals surface area contributed by atoms with E-state index in [-0.39, 0.29) is 11.6 Å². The minimum absolute atomic E-state index is 0.232. The van der Waals surface area contributed by atoms with Crippen LogP contribution in [0.5, 0.6) is 0 Å². The molecule has 0 atom stereocenters. The number of nitriles is 1. The molecule has 1 aromatic heterocycles. The van der Waals surface area contributed by atoms with Gasteiger partial charge >= 0.3 is 0 Å². The van der Waals surface area contributed by atoms with E-state index in [1.807, 2.05) is 24.3 Å². The van der Waals surface area contributed by atoms with Crippen LogP contribution in [0.3, 0.4) is 0 Å². The van der Waals surface area contributed by atoms with Crippen molar-refractivity contribution in [2.24, 2.45) is 0 Å². The number of carbonyl (C=O) groups is 1. The fourth-order valence-corrected chi connectivity index (χ4v) is 2.57. The Kier molecular flexibility index (Phi) is 4.78. The van der Waals surface area contributed by atoms with Crippen molar-refractivity contribution in [3.63, 3.8) is 0 Å². The smallest absolute Gasteiger partial charge is 0.276 e. The van der Waals surface area contributed by atoms with E-state index in [0.29, 0.717) is 22.8 Å². The molecule has 3 rings (SSSR count). The third-order valence-electron chi connectivity index (χ3n) is 3.66. The molecular weight excluding hydrogens is 338 g/mol. The number of nitrogens with zero attached hydrogens (tertiary/aromatic N) is 5. The fourth-order valence-electron chi connectivity index (χ4n) is 2.34. The van der Waals surface area contributed by atoms with Crippen molar-refractivity contribution in [3.05, 3.63) is 76.6 Å². The van der Waals surface area contributed by atoms with E-state index in [2.05, 4.69) is 16.4 Å². The van der Waals surface area contributed by atoms with E-state index >= 15 is 0 Å². The number of para-hydroxylation sites is 1. The molecule has 0 bridgehead atoms. The highest BCUT2D eigenvalue weighted by molar-refractivity contribution is 6.32. The number of carbonyl (C=O) groups excluding carboxylic acids is 1. The summed E-state index contributed by atoms with van der Waals surface area (Å²) in [5.74, 6) is -0.248. The van der Waals surface area contributed by atoms with Crippen molar-refractivity contribution < 1.29 is 4.79 Å². The molecule has 124 valence electrons. The Labute approximate surface area is 149 Å². The molecule has 0 saturated heterocycles. The number of hydrogen-bond acceptors (Lipinski definition) is 4. The molecule has 6 nitrogen and oxygen atoms in total. The van der Waals surface area contributed by atoms with Crippen molar-refractivity contribution in [2.75, 3.05) is 7.05 Å². The van der Waals surface area contributed by atoms with Crippen molar-refractivity contribution in [2.45, 2.75) is 6.54 Å². The molecule has 0 aliphatic carbocycles. The molecule has 0 radical (unpaired) electrons. The van der Waals surface area contributed by atoms with Crippen LogP contribution in [0, 0.1) is 11.3 Å². The van der Waals surface area contributed by atoms with Crippen molar-refractivity contribution in [3.8, 4) is 11.8 Å². The van der Waals surface area contributed by atoms with E-state index in [1.54, 1.807) is 42.4 Å². The SMILES string of the molecule is CN(Cc1ccc(C#N)cc1)C(=O)c1cn(-c2ccccc2Cl)nn1. The van der Waals surface area contributed by atoms with E-state index in [4.69, 9.17) is 16.9 Å². The lowest BCUT2D eigenvalue weighted by Gasteiger charge is -2.15.